The molecule has 8 heteroatoms. The van der Waals surface area contributed by atoms with Gasteiger partial charge < -0.3 is 4.90 Å². The van der Waals surface area contributed by atoms with Crippen molar-refractivity contribution in [2.45, 2.75) is 19.9 Å². The highest BCUT2D eigenvalue weighted by Crippen LogP contribution is 2.33. The van der Waals surface area contributed by atoms with Crippen molar-refractivity contribution in [3.05, 3.63) is 77.9 Å². The Kier molecular flexibility index (Phi) is 5.01. The van der Waals surface area contributed by atoms with Crippen molar-refractivity contribution in [3.8, 4) is 11.1 Å². The van der Waals surface area contributed by atoms with E-state index in [0.29, 0.717) is 12.2 Å². The first-order valence-corrected chi connectivity index (χ1v) is 12.3. The second kappa shape index (κ2) is 7.87. The topological polar surface area (TPSA) is 88.1 Å². The maximum Gasteiger partial charge on any atom is 0.229 e. The minimum absolute atomic E-state index is 0.579. The lowest BCUT2D eigenvalue weighted by Crippen LogP contribution is -2.31. The largest absolute Gasteiger partial charge is 0.351 e. The summed E-state index contributed by atoms with van der Waals surface area (Å²) in [7, 11) is -3.32. The smallest absolute Gasteiger partial charge is 0.229 e. The van der Waals surface area contributed by atoms with Crippen LogP contribution in [0.15, 0.2) is 61.2 Å². The summed E-state index contributed by atoms with van der Waals surface area (Å²) in [6.45, 7) is 3.54. The van der Waals surface area contributed by atoms with Gasteiger partial charge in [-0.2, -0.15) is 0 Å². The fourth-order valence-corrected chi connectivity index (χ4v) is 4.85. The van der Waals surface area contributed by atoms with Crippen LogP contribution in [0.3, 0.4) is 0 Å². The molecule has 0 aliphatic carbocycles. The first kappa shape index (κ1) is 20.4. The van der Waals surface area contributed by atoms with Crippen LogP contribution in [-0.4, -0.2) is 36.2 Å². The maximum absolute atomic E-state index is 11.6. The quantitative estimate of drug-likeness (QED) is 0.512. The molecule has 0 bridgehead atoms. The van der Waals surface area contributed by atoms with Crippen LogP contribution in [0.5, 0.6) is 0 Å². The molecule has 0 unspecified atom stereocenters. The Bertz CT molecular complexity index is 1420. The van der Waals surface area contributed by atoms with E-state index in [4.69, 9.17) is 0 Å². The lowest BCUT2D eigenvalue weighted by molar-refractivity contribution is 0.607. The molecule has 1 N–H and O–H groups in total. The molecule has 0 amide bonds. The number of hydrogen-bond donors (Lipinski definition) is 1. The minimum Gasteiger partial charge on any atom is -0.351 e. The van der Waals surface area contributed by atoms with Crippen LogP contribution >= 0.6 is 0 Å². The zero-order valence-corrected chi connectivity index (χ0v) is 18.7. The fourth-order valence-electron chi connectivity index (χ4n) is 4.30. The molecule has 0 atom stereocenters. The van der Waals surface area contributed by atoms with Gasteiger partial charge in [0.2, 0.25) is 10.0 Å². The third-order valence-corrected chi connectivity index (χ3v) is 6.33. The second-order valence-corrected chi connectivity index (χ2v) is 9.91. The van der Waals surface area contributed by atoms with E-state index >= 15 is 0 Å². The van der Waals surface area contributed by atoms with Crippen molar-refractivity contribution in [3.63, 3.8) is 0 Å². The van der Waals surface area contributed by atoms with Crippen LogP contribution in [0.2, 0.25) is 0 Å². The van der Waals surface area contributed by atoms with Crippen LogP contribution < -0.4 is 9.62 Å². The van der Waals surface area contributed by atoms with E-state index in [0.717, 1.165) is 58.2 Å². The summed E-state index contributed by atoms with van der Waals surface area (Å²) in [5.74, 6) is 0.885. The van der Waals surface area contributed by atoms with E-state index < -0.39 is 10.0 Å². The summed E-state index contributed by atoms with van der Waals surface area (Å²) < 4.78 is 25.8. The number of benzene rings is 2. The normalized spacial score (nSPS) is 13.8. The van der Waals surface area contributed by atoms with Crippen molar-refractivity contribution in [2.75, 3.05) is 22.4 Å². The zero-order chi connectivity index (χ0) is 22.3. The van der Waals surface area contributed by atoms with Crippen LogP contribution in [-0.2, 0) is 23.0 Å². The number of fused-ring (bicyclic) bond motifs is 2. The van der Waals surface area contributed by atoms with Crippen molar-refractivity contribution < 1.29 is 8.42 Å². The summed E-state index contributed by atoms with van der Waals surface area (Å²) in [6.07, 6.45) is 7.27. The van der Waals surface area contributed by atoms with E-state index in [1.165, 1.54) is 5.56 Å². The first-order chi connectivity index (χ1) is 15.4. The molecule has 0 radical (unpaired) electrons. The number of rotatable bonds is 4. The summed E-state index contributed by atoms with van der Waals surface area (Å²) in [5, 5.41) is 1.00. The highest BCUT2D eigenvalue weighted by atomic mass is 32.2. The molecule has 0 spiro atoms. The van der Waals surface area contributed by atoms with Crippen molar-refractivity contribution in [1.29, 1.82) is 0 Å². The van der Waals surface area contributed by atoms with Crippen molar-refractivity contribution in [2.24, 2.45) is 0 Å². The number of aryl methyl sites for hydroxylation is 1. The van der Waals surface area contributed by atoms with Gasteiger partial charge in [0.05, 0.1) is 11.8 Å². The lowest BCUT2D eigenvalue weighted by atomic mass is 9.98. The van der Waals surface area contributed by atoms with Gasteiger partial charge in [0, 0.05) is 42.1 Å². The van der Waals surface area contributed by atoms with Gasteiger partial charge in [0.15, 0.2) is 0 Å². The van der Waals surface area contributed by atoms with Crippen molar-refractivity contribution >= 4 is 32.4 Å². The predicted octanol–water partition coefficient (Wildman–Crippen LogP) is 3.93. The molecule has 3 heterocycles. The first-order valence-electron chi connectivity index (χ1n) is 10.4. The molecular formula is C24H23N5O2S. The highest BCUT2D eigenvalue weighted by molar-refractivity contribution is 7.92. The molecule has 1 aliphatic rings. The summed E-state index contributed by atoms with van der Waals surface area (Å²) >= 11 is 0. The lowest BCUT2D eigenvalue weighted by Gasteiger charge is -2.31. The maximum atomic E-state index is 11.6. The van der Waals surface area contributed by atoms with Gasteiger partial charge in [0.1, 0.15) is 12.1 Å². The highest BCUT2D eigenvalue weighted by Gasteiger charge is 2.21. The standard InChI is InChI=1S/C24H23N5O2S/c1-16-10-19(18-4-3-8-25-13-18)12-22-23(16)26-15-27-24(22)29-9-7-17-5-6-21(11-20(17)14-29)28-32(2,30)31/h3-6,8,10-13,15,28H,7,9,14H2,1-2H3. The number of pyridine rings is 1. The van der Waals surface area contributed by atoms with Crippen LogP contribution in [0.25, 0.3) is 22.0 Å². The predicted molar refractivity (Wildman–Crippen MR) is 127 cm³/mol. The number of anilines is 2. The number of nitrogens with zero attached hydrogens (tertiary/aromatic N) is 4. The Hall–Kier alpha value is -3.52. The molecule has 32 heavy (non-hydrogen) atoms. The molecular weight excluding hydrogens is 422 g/mol. The molecule has 0 fully saturated rings. The average molecular weight is 446 g/mol. The number of sulfonamides is 1. The third kappa shape index (κ3) is 4.01. The molecule has 0 saturated carbocycles. The van der Waals surface area contributed by atoms with Gasteiger partial charge in [-0.05, 0) is 65.9 Å². The molecule has 2 aromatic carbocycles. The van der Waals surface area contributed by atoms with E-state index in [2.05, 4.69) is 43.6 Å². The Balaban J connectivity index is 1.56. The van der Waals surface area contributed by atoms with E-state index in [9.17, 15) is 8.42 Å². The van der Waals surface area contributed by atoms with E-state index in [1.807, 2.05) is 36.5 Å². The SMILES string of the molecule is Cc1cc(-c2cccnc2)cc2c(N3CCc4ccc(NS(C)(=O)=O)cc4C3)ncnc12. The molecule has 0 saturated heterocycles. The van der Waals surface area contributed by atoms with Crippen molar-refractivity contribution in [1.82, 2.24) is 15.0 Å². The minimum atomic E-state index is -3.32. The number of aromatic nitrogens is 3. The Morgan fingerprint density at radius 2 is 1.91 bits per heavy atom. The molecule has 4 aromatic rings. The fraction of sp³-hybridized carbons (Fsp3) is 0.208. The van der Waals surface area contributed by atoms with Gasteiger partial charge in [-0.25, -0.2) is 18.4 Å². The van der Waals surface area contributed by atoms with Gasteiger partial charge in [-0.3, -0.25) is 9.71 Å². The Morgan fingerprint density at radius 1 is 1.03 bits per heavy atom. The van der Waals surface area contributed by atoms with Gasteiger partial charge in [-0.15, -0.1) is 0 Å². The van der Waals surface area contributed by atoms with E-state index in [-0.39, 0.29) is 0 Å². The van der Waals surface area contributed by atoms with Gasteiger partial charge >= 0.3 is 0 Å². The zero-order valence-electron chi connectivity index (χ0n) is 17.9. The number of hydrogen-bond acceptors (Lipinski definition) is 6. The van der Waals surface area contributed by atoms with Crippen LogP contribution in [0.1, 0.15) is 16.7 Å². The summed E-state index contributed by atoms with van der Waals surface area (Å²) in [5.41, 5.74) is 7.05. The average Bonchev–Trinajstić information content (AvgIpc) is 2.78. The molecule has 5 rings (SSSR count). The second-order valence-electron chi connectivity index (χ2n) is 8.16. The Labute approximate surface area is 187 Å². The van der Waals surface area contributed by atoms with E-state index in [1.54, 1.807) is 12.5 Å². The summed E-state index contributed by atoms with van der Waals surface area (Å²) in [6, 6.07) is 14.0. The van der Waals surface area contributed by atoms with Crippen LogP contribution in [0.4, 0.5) is 11.5 Å². The molecule has 162 valence electrons. The third-order valence-electron chi connectivity index (χ3n) is 5.72. The van der Waals surface area contributed by atoms with Gasteiger partial charge in [0.25, 0.3) is 0 Å². The Morgan fingerprint density at radius 3 is 2.69 bits per heavy atom. The number of nitrogens with one attached hydrogen (secondary N) is 1. The summed E-state index contributed by atoms with van der Waals surface area (Å²) in [4.78, 5) is 15.7. The van der Waals surface area contributed by atoms with Crippen LogP contribution in [0, 0.1) is 6.92 Å². The molecule has 2 aromatic heterocycles. The molecule has 7 nitrogen and oxygen atoms in total. The monoisotopic (exact) mass is 445 g/mol. The van der Waals surface area contributed by atoms with Gasteiger partial charge in [-0.1, -0.05) is 12.1 Å². The molecule has 1 aliphatic heterocycles.